The molecule has 5 nitrogen and oxygen atoms in total. The van der Waals surface area contributed by atoms with Crippen LogP contribution in [0.1, 0.15) is 6.92 Å². The first-order valence-corrected chi connectivity index (χ1v) is 6.98. The van der Waals surface area contributed by atoms with Crippen LogP contribution in [0.5, 0.6) is 0 Å². The summed E-state index contributed by atoms with van der Waals surface area (Å²) in [5.74, 6) is 0.131. The van der Waals surface area contributed by atoms with E-state index in [0.717, 1.165) is 5.39 Å². The lowest BCUT2D eigenvalue weighted by molar-refractivity contribution is 0.628. The molecule has 2 aromatic heterocycles. The minimum atomic E-state index is -0.331. The molecule has 0 unspecified atom stereocenters. The van der Waals surface area contributed by atoms with Gasteiger partial charge in [0.05, 0.1) is 0 Å². The van der Waals surface area contributed by atoms with Crippen LogP contribution in [0.25, 0.3) is 22.2 Å². The molecule has 0 saturated heterocycles. The van der Waals surface area contributed by atoms with E-state index in [2.05, 4.69) is 15.3 Å². The molecule has 0 amide bonds. The van der Waals surface area contributed by atoms with Crippen LogP contribution < -0.4 is 10.9 Å². The maximum Gasteiger partial charge on any atom is 0.260 e. The van der Waals surface area contributed by atoms with Gasteiger partial charge in [0.25, 0.3) is 5.56 Å². The molecule has 0 aliphatic heterocycles. The predicted octanol–water partition coefficient (Wildman–Crippen LogP) is 2.66. The van der Waals surface area contributed by atoms with E-state index in [0.29, 0.717) is 29.3 Å². The number of fused-ring (bicyclic) bond motifs is 1. The zero-order valence-corrected chi connectivity index (χ0v) is 12.3. The first-order valence-electron chi connectivity index (χ1n) is 6.98. The van der Waals surface area contributed by atoms with E-state index >= 15 is 0 Å². The van der Waals surface area contributed by atoms with E-state index in [-0.39, 0.29) is 11.4 Å². The van der Waals surface area contributed by atoms with Crippen molar-refractivity contribution in [2.24, 2.45) is 0 Å². The first kappa shape index (κ1) is 14.2. The van der Waals surface area contributed by atoms with Crippen LogP contribution >= 0.6 is 0 Å². The number of nitrogens with zero attached hydrogens (tertiary/aromatic N) is 3. The van der Waals surface area contributed by atoms with E-state index in [1.165, 1.54) is 12.1 Å². The molecule has 1 aromatic carbocycles. The molecule has 0 spiro atoms. The van der Waals surface area contributed by atoms with Crippen molar-refractivity contribution in [2.45, 2.75) is 13.5 Å². The van der Waals surface area contributed by atoms with Gasteiger partial charge in [-0.25, -0.2) is 9.37 Å². The van der Waals surface area contributed by atoms with Crippen LogP contribution in [0, 0.1) is 5.82 Å². The molecule has 0 radical (unpaired) electrons. The third-order valence-corrected chi connectivity index (χ3v) is 3.52. The van der Waals surface area contributed by atoms with Crippen LogP contribution in [0.15, 0.2) is 41.3 Å². The first-order chi connectivity index (χ1) is 10.6. The lowest BCUT2D eigenvalue weighted by Gasteiger charge is -2.11. The maximum atomic E-state index is 13.1. The van der Waals surface area contributed by atoms with Crippen molar-refractivity contribution in [1.82, 2.24) is 14.5 Å². The fraction of sp³-hybridized carbons (Fsp3) is 0.188. The largest absolute Gasteiger partial charge is 0.357 e. The summed E-state index contributed by atoms with van der Waals surface area (Å²) in [4.78, 5) is 21.2. The maximum absolute atomic E-state index is 13.1. The number of pyridine rings is 1. The molecule has 2 heterocycles. The van der Waals surface area contributed by atoms with Gasteiger partial charge in [-0.05, 0) is 30.7 Å². The summed E-state index contributed by atoms with van der Waals surface area (Å²) in [6, 6.07) is 7.63. The molecule has 22 heavy (non-hydrogen) atoms. The van der Waals surface area contributed by atoms with Gasteiger partial charge in [-0.15, -0.1) is 0 Å². The Kier molecular flexibility index (Phi) is 3.58. The summed E-state index contributed by atoms with van der Waals surface area (Å²) in [5.41, 5.74) is 1.61. The lowest BCUT2D eigenvalue weighted by Crippen LogP contribution is -2.22. The zero-order valence-electron chi connectivity index (χ0n) is 12.3. The van der Waals surface area contributed by atoms with E-state index in [1.54, 1.807) is 36.0 Å². The quantitative estimate of drug-likeness (QED) is 0.807. The Morgan fingerprint density at radius 3 is 2.64 bits per heavy atom. The Morgan fingerprint density at radius 1 is 1.27 bits per heavy atom. The Morgan fingerprint density at radius 2 is 2.00 bits per heavy atom. The average molecular weight is 298 g/mol. The summed E-state index contributed by atoms with van der Waals surface area (Å²) in [6.07, 6.45) is 1.67. The Bertz CT molecular complexity index is 887. The zero-order chi connectivity index (χ0) is 15.7. The predicted molar refractivity (Wildman–Crippen MR) is 84.4 cm³/mol. The number of benzene rings is 1. The lowest BCUT2D eigenvalue weighted by atomic mass is 10.1. The van der Waals surface area contributed by atoms with Crippen LogP contribution in [-0.2, 0) is 6.54 Å². The van der Waals surface area contributed by atoms with Crippen LogP contribution in [0.2, 0.25) is 0 Å². The molecule has 0 saturated carbocycles. The van der Waals surface area contributed by atoms with Gasteiger partial charge in [0, 0.05) is 30.7 Å². The minimum absolute atomic E-state index is 0.151. The van der Waals surface area contributed by atoms with Crippen molar-refractivity contribution in [3.05, 3.63) is 52.7 Å². The van der Waals surface area contributed by atoms with Gasteiger partial charge in [0.1, 0.15) is 11.5 Å². The summed E-state index contributed by atoms with van der Waals surface area (Å²) >= 11 is 0. The van der Waals surface area contributed by atoms with E-state index in [4.69, 9.17) is 0 Å². The van der Waals surface area contributed by atoms with Crippen LogP contribution in [-0.4, -0.2) is 21.6 Å². The number of hydrogen-bond donors (Lipinski definition) is 1. The number of aryl methyl sites for hydroxylation is 1. The van der Waals surface area contributed by atoms with Crippen molar-refractivity contribution in [3.8, 4) is 11.1 Å². The number of halogens is 1. The SMILES string of the molecule is CCn1c(=O)c(-c2ccc(F)cc2)cc2cnc(NC)nc21. The Hall–Kier alpha value is -2.76. The van der Waals surface area contributed by atoms with Crippen LogP contribution in [0.4, 0.5) is 10.3 Å². The molecule has 112 valence electrons. The highest BCUT2D eigenvalue weighted by atomic mass is 19.1. The molecule has 0 atom stereocenters. The topological polar surface area (TPSA) is 59.8 Å². The van der Waals surface area contributed by atoms with E-state index in [9.17, 15) is 9.18 Å². The summed E-state index contributed by atoms with van der Waals surface area (Å²) in [6.45, 7) is 2.38. The molecule has 0 bridgehead atoms. The number of hydrogen-bond acceptors (Lipinski definition) is 4. The highest BCUT2D eigenvalue weighted by molar-refractivity contribution is 5.81. The number of aromatic nitrogens is 3. The third kappa shape index (κ3) is 2.32. The Balaban J connectivity index is 2.31. The molecule has 3 rings (SSSR count). The molecule has 0 aliphatic carbocycles. The van der Waals surface area contributed by atoms with Crippen LogP contribution in [0.3, 0.4) is 0 Å². The molecule has 0 fully saturated rings. The van der Waals surface area contributed by atoms with Crippen molar-refractivity contribution >= 4 is 17.0 Å². The van der Waals surface area contributed by atoms with Gasteiger partial charge in [-0.1, -0.05) is 12.1 Å². The van der Waals surface area contributed by atoms with Crippen molar-refractivity contribution < 1.29 is 4.39 Å². The van der Waals surface area contributed by atoms with Gasteiger partial charge in [0.2, 0.25) is 5.95 Å². The minimum Gasteiger partial charge on any atom is -0.357 e. The fourth-order valence-corrected chi connectivity index (χ4v) is 2.41. The molecule has 0 aliphatic rings. The highest BCUT2D eigenvalue weighted by Crippen LogP contribution is 2.21. The van der Waals surface area contributed by atoms with E-state index < -0.39 is 0 Å². The second kappa shape index (κ2) is 5.55. The molecular weight excluding hydrogens is 283 g/mol. The number of rotatable bonds is 3. The third-order valence-electron chi connectivity index (χ3n) is 3.52. The van der Waals surface area contributed by atoms with Gasteiger partial charge >= 0.3 is 0 Å². The summed E-state index contributed by atoms with van der Waals surface area (Å²) in [7, 11) is 1.72. The van der Waals surface area contributed by atoms with Gasteiger partial charge in [-0.3, -0.25) is 9.36 Å². The van der Waals surface area contributed by atoms with Crippen molar-refractivity contribution in [1.29, 1.82) is 0 Å². The average Bonchev–Trinajstić information content (AvgIpc) is 2.55. The normalized spacial score (nSPS) is 10.9. The molecular formula is C16H15FN4O. The number of nitrogens with one attached hydrogen (secondary N) is 1. The van der Waals surface area contributed by atoms with E-state index in [1.807, 2.05) is 6.92 Å². The van der Waals surface area contributed by atoms with Gasteiger partial charge in [-0.2, -0.15) is 4.98 Å². The fourth-order valence-electron chi connectivity index (χ4n) is 2.41. The molecule has 3 aromatic rings. The monoisotopic (exact) mass is 298 g/mol. The smallest absolute Gasteiger partial charge is 0.260 e. The molecule has 6 heteroatoms. The second-order valence-electron chi connectivity index (χ2n) is 4.84. The standard InChI is InChI=1S/C16H15FN4O/c1-3-21-14-11(9-19-16(18-2)20-14)8-13(15(21)22)10-4-6-12(17)7-5-10/h4-9H,3H2,1-2H3,(H,18,19,20). The summed E-state index contributed by atoms with van der Waals surface area (Å²) in [5, 5.41) is 3.63. The van der Waals surface area contributed by atoms with Crippen molar-refractivity contribution in [2.75, 3.05) is 12.4 Å². The Labute approximate surface area is 126 Å². The van der Waals surface area contributed by atoms with Gasteiger partial charge < -0.3 is 5.32 Å². The van der Waals surface area contributed by atoms with Gasteiger partial charge in [0.15, 0.2) is 0 Å². The van der Waals surface area contributed by atoms with Crippen molar-refractivity contribution in [3.63, 3.8) is 0 Å². The number of anilines is 1. The summed E-state index contributed by atoms with van der Waals surface area (Å²) < 4.78 is 14.7. The highest BCUT2D eigenvalue weighted by Gasteiger charge is 2.12. The molecule has 1 N–H and O–H groups in total. The second-order valence-corrected chi connectivity index (χ2v) is 4.84.